The average molecular weight is 423 g/mol. The first-order chi connectivity index (χ1) is 15.3. The van der Waals surface area contributed by atoms with E-state index in [9.17, 15) is 0 Å². The maximum absolute atomic E-state index is 5.02. The minimum absolute atomic E-state index is 0.197. The Balaban J connectivity index is 1.33. The zero-order valence-corrected chi connectivity index (χ0v) is 19.1. The molecule has 0 amide bonds. The molecule has 4 rings (SSSR count). The van der Waals surface area contributed by atoms with E-state index < -0.39 is 0 Å². The Hall–Kier alpha value is -2.37. The number of aryl methyl sites for hydroxylation is 2. The predicted octanol–water partition coefficient (Wildman–Crippen LogP) is 4.00. The third-order valence-corrected chi connectivity index (χ3v) is 6.89. The van der Waals surface area contributed by atoms with E-state index in [4.69, 9.17) is 4.99 Å². The van der Waals surface area contributed by atoms with Crippen molar-refractivity contribution in [3.05, 3.63) is 47.5 Å². The third kappa shape index (κ3) is 5.46. The Kier molecular flexibility index (Phi) is 7.60. The Morgan fingerprint density at radius 1 is 1.03 bits per heavy atom. The highest BCUT2D eigenvalue weighted by Gasteiger charge is 2.35. The minimum Gasteiger partial charge on any atom is -0.357 e. The summed E-state index contributed by atoms with van der Waals surface area (Å²) in [6.45, 7) is 5.83. The molecular weight excluding hydrogens is 384 g/mol. The molecule has 6 nitrogen and oxygen atoms in total. The zero-order valence-electron chi connectivity index (χ0n) is 19.1. The predicted molar refractivity (Wildman–Crippen MR) is 126 cm³/mol. The van der Waals surface area contributed by atoms with Gasteiger partial charge in [-0.3, -0.25) is 4.99 Å². The van der Waals surface area contributed by atoms with E-state index in [1.54, 1.807) is 0 Å². The summed E-state index contributed by atoms with van der Waals surface area (Å²) in [5.41, 5.74) is 1.64. The van der Waals surface area contributed by atoms with Crippen LogP contribution in [0.4, 0.5) is 0 Å². The molecule has 1 aromatic carbocycles. The molecule has 0 unspecified atom stereocenters. The first kappa shape index (κ1) is 21.8. The molecule has 2 N–H and O–H groups in total. The number of fused-ring (bicyclic) bond motifs is 1. The van der Waals surface area contributed by atoms with Crippen LogP contribution in [0.25, 0.3) is 0 Å². The monoisotopic (exact) mass is 422 g/mol. The lowest BCUT2D eigenvalue weighted by Crippen LogP contribution is -2.39. The van der Waals surface area contributed by atoms with Crippen LogP contribution < -0.4 is 10.6 Å². The van der Waals surface area contributed by atoms with Crippen LogP contribution in [0.15, 0.2) is 35.3 Å². The van der Waals surface area contributed by atoms with Crippen LogP contribution in [0.5, 0.6) is 0 Å². The van der Waals surface area contributed by atoms with Crippen molar-refractivity contribution in [2.24, 2.45) is 4.99 Å². The van der Waals surface area contributed by atoms with Crippen LogP contribution in [-0.2, 0) is 24.8 Å². The van der Waals surface area contributed by atoms with Crippen molar-refractivity contribution in [3.8, 4) is 0 Å². The third-order valence-electron chi connectivity index (χ3n) is 6.89. The van der Waals surface area contributed by atoms with E-state index in [0.717, 1.165) is 57.2 Å². The van der Waals surface area contributed by atoms with Gasteiger partial charge in [0.2, 0.25) is 0 Å². The summed E-state index contributed by atoms with van der Waals surface area (Å²) in [7, 11) is 0. The van der Waals surface area contributed by atoms with Crippen LogP contribution in [0, 0.1) is 0 Å². The molecule has 0 saturated heterocycles. The molecule has 6 heteroatoms. The summed E-state index contributed by atoms with van der Waals surface area (Å²) in [6, 6.07) is 11.0. The number of aromatic nitrogens is 3. The lowest BCUT2D eigenvalue weighted by Gasteiger charge is -2.28. The van der Waals surface area contributed by atoms with Gasteiger partial charge in [0.05, 0.1) is 6.54 Å². The lowest BCUT2D eigenvalue weighted by atomic mass is 9.79. The molecule has 0 radical (unpaired) electrons. The van der Waals surface area contributed by atoms with Crippen molar-refractivity contribution in [1.29, 1.82) is 0 Å². The molecule has 0 atom stereocenters. The van der Waals surface area contributed by atoms with E-state index in [2.05, 4.69) is 62.7 Å². The van der Waals surface area contributed by atoms with E-state index in [1.807, 2.05) is 0 Å². The average Bonchev–Trinajstić information content (AvgIpc) is 3.37. The number of hydrogen-bond acceptors (Lipinski definition) is 3. The van der Waals surface area contributed by atoms with Gasteiger partial charge >= 0.3 is 0 Å². The second-order valence-corrected chi connectivity index (χ2v) is 9.07. The van der Waals surface area contributed by atoms with Crippen LogP contribution >= 0.6 is 0 Å². The number of benzene rings is 1. The maximum Gasteiger partial charge on any atom is 0.191 e. The Morgan fingerprint density at radius 2 is 1.87 bits per heavy atom. The summed E-state index contributed by atoms with van der Waals surface area (Å²) in [4.78, 5) is 5.02. The van der Waals surface area contributed by atoms with Crippen LogP contribution in [0.3, 0.4) is 0 Å². The van der Waals surface area contributed by atoms with Gasteiger partial charge in [-0.15, -0.1) is 10.2 Å². The van der Waals surface area contributed by atoms with Crippen LogP contribution in [0.1, 0.15) is 75.5 Å². The largest absolute Gasteiger partial charge is 0.357 e. The number of nitrogens with one attached hydrogen (secondary N) is 2. The van der Waals surface area contributed by atoms with Gasteiger partial charge < -0.3 is 15.2 Å². The molecule has 2 heterocycles. The summed E-state index contributed by atoms with van der Waals surface area (Å²) in [5.74, 6) is 3.26. The van der Waals surface area contributed by atoms with Gasteiger partial charge in [-0.2, -0.15) is 0 Å². The van der Waals surface area contributed by atoms with E-state index in [-0.39, 0.29) is 5.41 Å². The van der Waals surface area contributed by atoms with Crippen molar-refractivity contribution >= 4 is 5.96 Å². The van der Waals surface area contributed by atoms with Gasteiger partial charge in [-0.05, 0) is 44.6 Å². The molecule has 0 spiro atoms. The summed E-state index contributed by atoms with van der Waals surface area (Å²) in [5, 5.41) is 15.9. The van der Waals surface area contributed by atoms with Gasteiger partial charge in [-0.1, -0.05) is 49.6 Å². The molecule has 0 bridgehead atoms. The molecule has 1 aliphatic carbocycles. The molecule has 1 aliphatic heterocycles. The Bertz CT molecular complexity index is 835. The first-order valence-electron chi connectivity index (χ1n) is 12.3. The summed E-state index contributed by atoms with van der Waals surface area (Å²) >= 11 is 0. The highest BCUT2D eigenvalue weighted by Crippen LogP contribution is 2.41. The van der Waals surface area contributed by atoms with Gasteiger partial charge in [0.25, 0.3) is 0 Å². The molecule has 31 heavy (non-hydrogen) atoms. The number of rotatable bonds is 8. The maximum atomic E-state index is 5.02. The van der Waals surface area contributed by atoms with E-state index in [1.165, 1.54) is 56.3 Å². The second kappa shape index (κ2) is 10.8. The molecular formula is C25H38N6. The highest BCUT2D eigenvalue weighted by atomic mass is 15.3. The Labute approximate surface area is 187 Å². The standard InChI is InChI=1S/C25H38N6/c1-2-26-24(28-20-25(16-8-9-17-25)21-12-5-3-6-13-21)27-18-11-15-23-30-29-22-14-7-4-10-19-31(22)23/h3,5-6,12-13H,2,4,7-11,14-20H2,1H3,(H2,26,27,28). The molecule has 2 aromatic rings. The number of nitrogens with zero attached hydrogens (tertiary/aromatic N) is 4. The SMILES string of the molecule is CCNC(=NCC1(c2ccccc2)CCCC1)NCCCc1nnc2n1CCCCC2. The van der Waals surface area contributed by atoms with Crippen molar-refractivity contribution in [2.75, 3.05) is 19.6 Å². The molecule has 168 valence electrons. The molecule has 1 saturated carbocycles. The first-order valence-corrected chi connectivity index (χ1v) is 12.3. The second-order valence-electron chi connectivity index (χ2n) is 9.07. The normalized spacial score (nSPS) is 18.4. The fourth-order valence-corrected chi connectivity index (χ4v) is 5.14. The summed E-state index contributed by atoms with van der Waals surface area (Å²) < 4.78 is 2.36. The number of guanidine groups is 1. The highest BCUT2D eigenvalue weighted by molar-refractivity contribution is 5.79. The minimum atomic E-state index is 0.197. The van der Waals surface area contributed by atoms with Crippen molar-refractivity contribution in [1.82, 2.24) is 25.4 Å². The smallest absolute Gasteiger partial charge is 0.191 e. The fraction of sp³-hybridized carbons (Fsp3) is 0.640. The fourth-order valence-electron chi connectivity index (χ4n) is 5.14. The van der Waals surface area contributed by atoms with Crippen molar-refractivity contribution in [2.45, 2.75) is 83.1 Å². The van der Waals surface area contributed by atoms with E-state index >= 15 is 0 Å². The lowest BCUT2D eigenvalue weighted by molar-refractivity contribution is 0.452. The van der Waals surface area contributed by atoms with Crippen molar-refractivity contribution < 1.29 is 0 Å². The quantitative estimate of drug-likeness (QED) is 0.383. The van der Waals surface area contributed by atoms with Gasteiger partial charge in [-0.25, -0.2) is 0 Å². The number of aliphatic imine (C=N–C) groups is 1. The van der Waals surface area contributed by atoms with Gasteiger partial charge in [0, 0.05) is 37.9 Å². The van der Waals surface area contributed by atoms with E-state index in [0.29, 0.717) is 0 Å². The van der Waals surface area contributed by atoms with Crippen LogP contribution in [0.2, 0.25) is 0 Å². The molecule has 1 fully saturated rings. The summed E-state index contributed by atoms with van der Waals surface area (Å²) in [6.07, 6.45) is 11.9. The Morgan fingerprint density at radius 3 is 2.68 bits per heavy atom. The molecule has 1 aromatic heterocycles. The van der Waals surface area contributed by atoms with Gasteiger partial charge in [0.15, 0.2) is 5.96 Å². The topological polar surface area (TPSA) is 67.1 Å². The number of hydrogen-bond donors (Lipinski definition) is 2. The van der Waals surface area contributed by atoms with Gasteiger partial charge in [0.1, 0.15) is 11.6 Å². The molecule has 2 aliphatic rings. The van der Waals surface area contributed by atoms with Crippen molar-refractivity contribution in [3.63, 3.8) is 0 Å². The zero-order chi connectivity index (χ0) is 21.4. The van der Waals surface area contributed by atoms with Crippen LogP contribution in [-0.4, -0.2) is 40.4 Å².